The summed E-state index contributed by atoms with van der Waals surface area (Å²) in [5, 5.41) is 2.73. The molecule has 0 saturated carbocycles. The van der Waals surface area contributed by atoms with Gasteiger partial charge in [0.25, 0.3) is 0 Å². The third-order valence-corrected chi connectivity index (χ3v) is 5.40. The summed E-state index contributed by atoms with van der Waals surface area (Å²) in [4.78, 5) is 14.0. The number of rotatable bonds is 3. The average molecular weight is 370 g/mol. The molecule has 2 amide bonds. The van der Waals surface area contributed by atoms with E-state index in [-0.39, 0.29) is 22.9 Å². The van der Waals surface area contributed by atoms with Crippen molar-refractivity contribution < 1.29 is 27.4 Å². The highest BCUT2D eigenvalue weighted by molar-refractivity contribution is 5.90. The van der Waals surface area contributed by atoms with Gasteiger partial charge in [-0.05, 0) is 36.6 Å². The van der Waals surface area contributed by atoms with E-state index >= 15 is 0 Å². The number of hydrogen-bond donors (Lipinski definition) is 1. The van der Waals surface area contributed by atoms with Gasteiger partial charge in [0.05, 0.1) is 25.4 Å². The van der Waals surface area contributed by atoms with Gasteiger partial charge in [0.1, 0.15) is 0 Å². The van der Waals surface area contributed by atoms with Crippen LogP contribution in [0.5, 0.6) is 0 Å². The second kappa shape index (κ2) is 6.42. The molecule has 3 fully saturated rings. The van der Waals surface area contributed by atoms with Crippen LogP contribution in [-0.4, -0.2) is 50.4 Å². The summed E-state index contributed by atoms with van der Waals surface area (Å²) in [6.45, 7) is 3.61. The fourth-order valence-corrected chi connectivity index (χ4v) is 3.84. The van der Waals surface area contributed by atoms with Gasteiger partial charge < -0.3 is 19.7 Å². The zero-order valence-corrected chi connectivity index (χ0v) is 14.3. The maximum absolute atomic E-state index is 13.2. The molecule has 3 saturated heterocycles. The van der Waals surface area contributed by atoms with Crippen LogP contribution in [0.3, 0.4) is 0 Å². The molecule has 0 unspecified atom stereocenters. The van der Waals surface area contributed by atoms with Crippen molar-refractivity contribution in [2.75, 3.05) is 44.8 Å². The Kier molecular flexibility index (Phi) is 4.35. The second-order valence-electron chi connectivity index (χ2n) is 7.57. The van der Waals surface area contributed by atoms with Crippen LogP contribution in [0.15, 0.2) is 18.2 Å². The molecule has 0 bridgehead atoms. The number of benzene rings is 1. The van der Waals surface area contributed by atoms with Gasteiger partial charge in [-0.25, -0.2) is 4.79 Å². The summed E-state index contributed by atoms with van der Waals surface area (Å²) in [7, 11) is 0. The summed E-state index contributed by atoms with van der Waals surface area (Å²) in [5.74, 6) is 0.0969. The van der Waals surface area contributed by atoms with Crippen LogP contribution in [0.25, 0.3) is 0 Å². The lowest BCUT2D eigenvalue weighted by atomic mass is 9.79. The molecule has 3 aliphatic heterocycles. The molecule has 3 heterocycles. The molecule has 142 valence electrons. The number of likely N-dealkylation sites (tertiary alicyclic amines) is 1. The maximum atomic E-state index is 13.2. The lowest BCUT2D eigenvalue weighted by molar-refractivity contribution is -0.138. The maximum Gasteiger partial charge on any atom is 0.416 e. The Morgan fingerprint density at radius 3 is 2.62 bits per heavy atom. The summed E-state index contributed by atoms with van der Waals surface area (Å²) < 4.78 is 50.2. The van der Waals surface area contributed by atoms with Crippen LogP contribution in [0, 0.1) is 11.3 Å². The van der Waals surface area contributed by atoms with Gasteiger partial charge in [0.2, 0.25) is 0 Å². The minimum Gasteiger partial charge on any atom is -0.381 e. The molecule has 4 rings (SSSR count). The zero-order valence-electron chi connectivity index (χ0n) is 14.3. The number of nitrogens with zero attached hydrogens (tertiary/aromatic N) is 1. The molecule has 0 radical (unpaired) electrons. The smallest absolute Gasteiger partial charge is 0.381 e. The Morgan fingerprint density at radius 1 is 1.27 bits per heavy atom. The average Bonchev–Trinajstić information content (AvgIpc) is 2.98. The third kappa shape index (κ3) is 3.40. The van der Waals surface area contributed by atoms with Crippen LogP contribution in [0.4, 0.5) is 23.7 Å². The fraction of sp³-hybridized carbons (Fsp3) is 0.611. The first-order chi connectivity index (χ1) is 12.3. The topological polar surface area (TPSA) is 50.8 Å². The quantitative estimate of drug-likeness (QED) is 0.889. The molecule has 1 N–H and O–H groups in total. The van der Waals surface area contributed by atoms with E-state index in [1.54, 1.807) is 4.90 Å². The molecule has 0 aliphatic carbocycles. The van der Waals surface area contributed by atoms with E-state index in [1.807, 2.05) is 0 Å². The Morgan fingerprint density at radius 2 is 2.04 bits per heavy atom. The number of carbonyl (C=O) groups excluding carboxylic acids is 1. The van der Waals surface area contributed by atoms with Crippen molar-refractivity contribution in [3.05, 3.63) is 29.3 Å². The second-order valence-corrected chi connectivity index (χ2v) is 7.57. The number of anilines is 1. The van der Waals surface area contributed by atoms with E-state index in [1.165, 1.54) is 12.1 Å². The molecule has 0 aromatic heterocycles. The molecule has 26 heavy (non-hydrogen) atoms. The predicted molar refractivity (Wildman–Crippen MR) is 87.9 cm³/mol. The summed E-state index contributed by atoms with van der Waals surface area (Å²) in [5.41, 5.74) is 0.0236. The molecule has 3 aliphatic rings. The summed E-state index contributed by atoms with van der Waals surface area (Å²) in [6, 6.07) is 3.52. The minimum absolute atomic E-state index is 0.0763. The highest BCUT2D eigenvalue weighted by atomic mass is 19.4. The number of nitrogens with one attached hydrogen (secondary N) is 1. The molecule has 8 heteroatoms. The van der Waals surface area contributed by atoms with Crippen molar-refractivity contribution in [1.82, 2.24) is 4.90 Å². The molecular weight excluding hydrogens is 349 g/mol. The SMILES string of the molecule is O=C(Nc1ccc(C(F)(F)F)c(CC2COC2)c1)N1CC2(CCOC2)C1. The summed E-state index contributed by atoms with van der Waals surface area (Å²) in [6.07, 6.45) is -3.16. The first-order valence-corrected chi connectivity index (χ1v) is 8.76. The number of halogens is 3. The zero-order chi connectivity index (χ0) is 18.4. The Hall–Kier alpha value is -1.80. The van der Waals surface area contributed by atoms with Crippen LogP contribution < -0.4 is 5.32 Å². The van der Waals surface area contributed by atoms with Gasteiger partial charge in [-0.1, -0.05) is 0 Å². The largest absolute Gasteiger partial charge is 0.416 e. The van der Waals surface area contributed by atoms with Gasteiger partial charge in [-0.2, -0.15) is 13.2 Å². The van der Waals surface area contributed by atoms with Crippen molar-refractivity contribution >= 4 is 11.7 Å². The van der Waals surface area contributed by atoms with Crippen molar-refractivity contribution in [2.24, 2.45) is 11.3 Å². The van der Waals surface area contributed by atoms with E-state index < -0.39 is 11.7 Å². The number of ether oxygens (including phenoxy) is 2. The molecule has 1 aromatic carbocycles. The Balaban J connectivity index is 1.44. The minimum atomic E-state index is -4.41. The normalized spacial score (nSPS) is 22.2. The van der Waals surface area contributed by atoms with Gasteiger partial charge >= 0.3 is 12.2 Å². The Bertz CT molecular complexity index is 689. The van der Waals surface area contributed by atoms with Gasteiger partial charge in [-0.3, -0.25) is 0 Å². The van der Waals surface area contributed by atoms with Crippen LogP contribution in [0.1, 0.15) is 17.5 Å². The van der Waals surface area contributed by atoms with Gasteiger partial charge in [0, 0.05) is 36.7 Å². The highest BCUT2D eigenvalue weighted by Gasteiger charge is 2.47. The third-order valence-electron chi connectivity index (χ3n) is 5.40. The van der Waals surface area contributed by atoms with E-state index in [2.05, 4.69) is 5.32 Å². The molecule has 0 atom stereocenters. The first kappa shape index (κ1) is 17.6. The lowest BCUT2D eigenvalue weighted by Gasteiger charge is -2.46. The van der Waals surface area contributed by atoms with Crippen LogP contribution >= 0.6 is 0 Å². The van der Waals surface area contributed by atoms with E-state index in [0.717, 1.165) is 19.1 Å². The van der Waals surface area contributed by atoms with E-state index in [0.29, 0.717) is 45.0 Å². The predicted octanol–water partition coefficient (Wildman–Crippen LogP) is 3.15. The van der Waals surface area contributed by atoms with Crippen molar-refractivity contribution in [2.45, 2.75) is 19.0 Å². The van der Waals surface area contributed by atoms with E-state index in [9.17, 15) is 18.0 Å². The number of hydrogen-bond acceptors (Lipinski definition) is 3. The van der Waals surface area contributed by atoms with E-state index in [4.69, 9.17) is 9.47 Å². The van der Waals surface area contributed by atoms with Crippen molar-refractivity contribution in [3.63, 3.8) is 0 Å². The first-order valence-electron chi connectivity index (χ1n) is 8.76. The molecule has 1 spiro atoms. The molecular formula is C18H21F3N2O3. The standard InChI is InChI=1S/C18H21F3N2O3/c19-18(20,21)15-2-1-14(6-13(15)5-12-7-26-8-12)22-16(24)23-9-17(10-23)3-4-25-11-17/h1-2,6,12H,3-5,7-11H2,(H,22,24). The van der Waals surface area contributed by atoms with Gasteiger partial charge in [-0.15, -0.1) is 0 Å². The van der Waals surface area contributed by atoms with Crippen molar-refractivity contribution in [3.8, 4) is 0 Å². The van der Waals surface area contributed by atoms with Crippen LogP contribution in [0.2, 0.25) is 0 Å². The molecule has 1 aromatic rings. The van der Waals surface area contributed by atoms with Gasteiger partial charge in [0.15, 0.2) is 0 Å². The fourth-order valence-electron chi connectivity index (χ4n) is 3.84. The number of amides is 2. The van der Waals surface area contributed by atoms with Crippen molar-refractivity contribution in [1.29, 1.82) is 0 Å². The molecule has 5 nitrogen and oxygen atoms in total. The monoisotopic (exact) mass is 370 g/mol. The highest BCUT2D eigenvalue weighted by Crippen LogP contribution is 2.39. The lowest BCUT2D eigenvalue weighted by Crippen LogP contribution is -2.59. The number of urea groups is 1. The number of alkyl halides is 3. The Labute approximate surface area is 149 Å². The van der Waals surface area contributed by atoms with Crippen LogP contribution in [-0.2, 0) is 22.1 Å². The number of carbonyl (C=O) groups is 1. The summed E-state index contributed by atoms with van der Waals surface area (Å²) >= 11 is 0.